The Hall–Kier alpha value is -1.43. The normalized spacial score (nSPS) is 15.8. The molecule has 2 heterocycles. The second kappa shape index (κ2) is 5.07. The summed E-state index contributed by atoms with van der Waals surface area (Å²) in [5.74, 6) is 1.81. The van der Waals surface area contributed by atoms with Crippen molar-refractivity contribution in [2.24, 2.45) is 5.92 Å². The van der Waals surface area contributed by atoms with Crippen LogP contribution in [0.3, 0.4) is 0 Å². The van der Waals surface area contributed by atoms with Crippen molar-refractivity contribution >= 4 is 5.91 Å². The van der Waals surface area contributed by atoms with Crippen molar-refractivity contribution < 1.29 is 9.32 Å². The minimum atomic E-state index is 0.103. The summed E-state index contributed by atoms with van der Waals surface area (Å²) in [5.41, 5.74) is 0. The van der Waals surface area contributed by atoms with Crippen LogP contribution >= 0.6 is 0 Å². The smallest absolute Gasteiger partial charge is 0.223 e. The standard InChI is InChI=1S/C10H16N4O2/c1-7-13-9(14-16-7)2-3-12-10(15)4-8-5-11-6-8/h8,11H,2-6H2,1H3,(H,12,15). The predicted molar refractivity (Wildman–Crippen MR) is 56.7 cm³/mol. The van der Waals surface area contributed by atoms with E-state index in [0.29, 0.717) is 37.0 Å². The molecule has 0 radical (unpaired) electrons. The molecule has 0 bridgehead atoms. The lowest BCUT2D eigenvalue weighted by atomic mass is 9.99. The fourth-order valence-electron chi connectivity index (χ4n) is 1.58. The Morgan fingerprint density at radius 1 is 1.62 bits per heavy atom. The number of carbonyl (C=O) groups excluding carboxylic acids is 1. The van der Waals surface area contributed by atoms with Crippen LogP contribution in [0.2, 0.25) is 0 Å². The molecule has 0 unspecified atom stereocenters. The van der Waals surface area contributed by atoms with Gasteiger partial charge in [-0.1, -0.05) is 5.16 Å². The Labute approximate surface area is 93.8 Å². The van der Waals surface area contributed by atoms with Gasteiger partial charge >= 0.3 is 0 Å². The molecule has 0 aromatic carbocycles. The molecule has 1 aliphatic rings. The van der Waals surface area contributed by atoms with Crippen molar-refractivity contribution in [1.82, 2.24) is 20.8 Å². The molecule has 2 rings (SSSR count). The number of nitrogens with zero attached hydrogens (tertiary/aromatic N) is 2. The third kappa shape index (κ3) is 3.03. The predicted octanol–water partition coefficient (Wildman–Crippen LogP) is -0.354. The Morgan fingerprint density at radius 3 is 3.00 bits per heavy atom. The first-order valence-corrected chi connectivity index (χ1v) is 5.50. The number of aromatic nitrogens is 2. The van der Waals surface area contributed by atoms with Crippen LogP contribution in [0.5, 0.6) is 0 Å². The first-order chi connectivity index (χ1) is 7.74. The molecule has 1 saturated heterocycles. The molecular formula is C10H16N4O2. The van der Waals surface area contributed by atoms with E-state index >= 15 is 0 Å². The van der Waals surface area contributed by atoms with Gasteiger partial charge in [-0.3, -0.25) is 4.79 Å². The molecule has 1 fully saturated rings. The van der Waals surface area contributed by atoms with Crippen LogP contribution < -0.4 is 10.6 Å². The Bertz CT molecular complexity index is 359. The number of carbonyl (C=O) groups is 1. The highest BCUT2D eigenvalue weighted by atomic mass is 16.5. The molecule has 1 aliphatic heterocycles. The summed E-state index contributed by atoms with van der Waals surface area (Å²) in [4.78, 5) is 15.5. The van der Waals surface area contributed by atoms with Crippen molar-refractivity contribution in [2.75, 3.05) is 19.6 Å². The number of hydrogen-bond acceptors (Lipinski definition) is 5. The van der Waals surface area contributed by atoms with Gasteiger partial charge in [0.25, 0.3) is 0 Å². The summed E-state index contributed by atoms with van der Waals surface area (Å²) in [6.45, 7) is 4.23. The van der Waals surface area contributed by atoms with Gasteiger partial charge in [-0.05, 0) is 19.0 Å². The maximum Gasteiger partial charge on any atom is 0.223 e. The van der Waals surface area contributed by atoms with E-state index in [9.17, 15) is 4.79 Å². The zero-order chi connectivity index (χ0) is 11.4. The lowest BCUT2D eigenvalue weighted by molar-refractivity contribution is -0.122. The van der Waals surface area contributed by atoms with Gasteiger partial charge in [-0.2, -0.15) is 4.98 Å². The van der Waals surface area contributed by atoms with Crippen molar-refractivity contribution in [2.45, 2.75) is 19.8 Å². The van der Waals surface area contributed by atoms with Crippen molar-refractivity contribution in [3.05, 3.63) is 11.7 Å². The molecule has 1 aromatic rings. The van der Waals surface area contributed by atoms with E-state index in [2.05, 4.69) is 20.8 Å². The maximum absolute atomic E-state index is 11.4. The van der Waals surface area contributed by atoms with Crippen LogP contribution in [-0.4, -0.2) is 35.7 Å². The summed E-state index contributed by atoms with van der Waals surface area (Å²) in [5, 5.41) is 9.74. The average Bonchev–Trinajstić information content (AvgIpc) is 2.58. The SMILES string of the molecule is Cc1nc(CCNC(=O)CC2CNC2)no1. The Kier molecular flexibility index (Phi) is 3.51. The lowest BCUT2D eigenvalue weighted by Gasteiger charge is -2.26. The van der Waals surface area contributed by atoms with Crippen LogP contribution in [0.1, 0.15) is 18.1 Å². The maximum atomic E-state index is 11.4. The van der Waals surface area contributed by atoms with Gasteiger partial charge in [0.05, 0.1) is 0 Å². The topological polar surface area (TPSA) is 80.0 Å². The monoisotopic (exact) mass is 224 g/mol. The summed E-state index contributed by atoms with van der Waals surface area (Å²) in [6.07, 6.45) is 1.23. The van der Waals surface area contributed by atoms with E-state index in [1.807, 2.05) is 0 Å². The molecule has 2 N–H and O–H groups in total. The highest BCUT2D eigenvalue weighted by Gasteiger charge is 2.19. The summed E-state index contributed by atoms with van der Waals surface area (Å²) >= 11 is 0. The first-order valence-electron chi connectivity index (χ1n) is 5.50. The molecule has 0 atom stereocenters. The van der Waals surface area contributed by atoms with Crippen LogP contribution in [0.4, 0.5) is 0 Å². The minimum Gasteiger partial charge on any atom is -0.356 e. The second-order valence-electron chi connectivity index (χ2n) is 4.06. The highest BCUT2D eigenvalue weighted by Crippen LogP contribution is 2.07. The van der Waals surface area contributed by atoms with Crippen molar-refractivity contribution in [3.63, 3.8) is 0 Å². The Balaban J connectivity index is 1.61. The van der Waals surface area contributed by atoms with E-state index in [1.165, 1.54) is 0 Å². The van der Waals surface area contributed by atoms with E-state index in [0.717, 1.165) is 13.1 Å². The third-order valence-corrected chi connectivity index (χ3v) is 2.58. The molecule has 0 saturated carbocycles. The zero-order valence-corrected chi connectivity index (χ0v) is 9.32. The summed E-state index contributed by atoms with van der Waals surface area (Å²) < 4.78 is 4.83. The fourth-order valence-corrected chi connectivity index (χ4v) is 1.58. The fraction of sp³-hybridized carbons (Fsp3) is 0.700. The van der Waals surface area contributed by atoms with Gasteiger partial charge in [0.2, 0.25) is 11.8 Å². The molecular weight excluding hydrogens is 208 g/mol. The van der Waals surface area contributed by atoms with Gasteiger partial charge in [0, 0.05) is 26.3 Å². The highest BCUT2D eigenvalue weighted by molar-refractivity contribution is 5.76. The van der Waals surface area contributed by atoms with Gasteiger partial charge in [0.15, 0.2) is 5.82 Å². The van der Waals surface area contributed by atoms with Gasteiger partial charge < -0.3 is 15.2 Å². The molecule has 6 nitrogen and oxygen atoms in total. The van der Waals surface area contributed by atoms with Crippen molar-refractivity contribution in [1.29, 1.82) is 0 Å². The van der Waals surface area contributed by atoms with E-state index < -0.39 is 0 Å². The molecule has 1 amide bonds. The molecule has 1 aromatic heterocycles. The van der Waals surface area contributed by atoms with E-state index in [-0.39, 0.29) is 5.91 Å². The quantitative estimate of drug-likeness (QED) is 0.714. The molecule has 6 heteroatoms. The van der Waals surface area contributed by atoms with Crippen LogP contribution in [0, 0.1) is 12.8 Å². The first kappa shape index (κ1) is 11.1. The largest absolute Gasteiger partial charge is 0.356 e. The van der Waals surface area contributed by atoms with Crippen LogP contribution in [0.25, 0.3) is 0 Å². The minimum absolute atomic E-state index is 0.103. The Morgan fingerprint density at radius 2 is 2.44 bits per heavy atom. The lowest BCUT2D eigenvalue weighted by Crippen LogP contribution is -2.44. The van der Waals surface area contributed by atoms with Gasteiger partial charge in [0.1, 0.15) is 0 Å². The number of rotatable bonds is 5. The third-order valence-electron chi connectivity index (χ3n) is 2.58. The van der Waals surface area contributed by atoms with Crippen LogP contribution in [0.15, 0.2) is 4.52 Å². The second-order valence-corrected chi connectivity index (χ2v) is 4.06. The molecule has 0 aliphatic carbocycles. The average molecular weight is 224 g/mol. The van der Waals surface area contributed by atoms with Gasteiger partial charge in [-0.15, -0.1) is 0 Å². The van der Waals surface area contributed by atoms with Gasteiger partial charge in [-0.25, -0.2) is 0 Å². The molecule has 16 heavy (non-hydrogen) atoms. The number of aryl methyl sites for hydroxylation is 1. The molecule has 0 spiro atoms. The number of amides is 1. The van der Waals surface area contributed by atoms with Crippen molar-refractivity contribution in [3.8, 4) is 0 Å². The van der Waals surface area contributed by atoms with Crippen LogP contribution in [-0.2, 0) is 11.2 Å². The zero-order valence-electron chi connectivity index (χ0n) is 9.32. The van der Waals surface area contributed by atoms with E-state index in [4.69, 9.17) is 4.52 Å². The molecule has 88 valence electrons. The number of nitrogens with one attached hydrogen (secondary N) is 2. The summed E-state index contributed by atoms with van der Waals surface area (Å²) in [7, 11) is 0. The van der Waals surface area contributed by atoms with E-state index in [1.54, 1.807) is 6.92 Å². The number of hydrogen-bond donors (Lipinski definition) is 2. The summed E-state index contributed by atoms with van der Waals surface area (Å²) in [6, 6.07) is 0.